The van der Waals surface area contributed by atoms with Gasteiger partial charge in [0.25, 0.3) is 0 Å². The number of carboxylic acids is 1. The minimum absolute atomic E-state index is 0.0415. The van der Waals surface area contributed by atoms with Crippen LogP contribution in [-0.4, -0.2) is 34.7 Å². The van der Waals surface area contributed by atoms with Gasteiger partial charge in [0.1, 0.15) is 5.75 Å². The number of ether oxygens (including phenoxy) is 2. The van der Waals surface area contributed by atoms with Crippen LogP contribution in [0.5, 0.6) is 5.75 Å². The van der Waals surface area contributed by atoms with Gasteiger partial charge in [0.2, 0.25) is 0 Å². The Balaban J connectivity index is 2.09. The maximum Gasteiger partial charge on any atom is 0.573 e. The normalized spacial score (nSPS) is 17.5. The zero-order chi connectivity index (χ0) is 18.9. The van der Waals surface area contributed by atoms with Crippen molar-refractivity contribution in [3.63, 3.8) is 0 Å². The van der Waals surface area contributed by atoms with Gasteiger partial charge in [-0.15, -0.1) is 13.2 Å². The van der Waals surface area contributed by atoms with Gasteiger partial charge in [-0.25, -0.2) is 4.79 Å². The molecule has 1 aromatic heterocycles. The third-order valence-corrected chi connectivity index (χ3v) is 4.40. The molecule has 3 rings (SSSR count). The SMILES string of the molecule is Cc1c(C(=O)O)cc(-c2ccccc2OC(F)(F)F)n1C[C@H]1CCCO1. The second-order valence-corrected chi connectivity index (χ2v) is 6.12. The average Bonchev–Trinajstić information content (AvgIpc) is 3.16. The smallest absolute Gasteiger partial charge is 0.478 e. The monoisotopic (exact) mass is 369 g/mol. The number of aromatic nitrogens is 1. The summed E-state index contributed by atoms with van der Waals surface area (Å²) in [4.78, 5) is 11.5. The number of alkyl halides is 3. The molecule has 0 aliphatic carbocycles. The van der Waals surface area contributed by atoms with Gasteiger partial charge >= 0.3 is 12.3 Å². The molecule has 1 fully saturated rings. The Labute approximate surface area is 148 Å². The summed E-state index contributed by atoms with van der Waals surface area (Å²) in [6.45, 7) is 2.63. The van der Waals surface area contributed by atoms with E-state index in [1.54, 1.807) is 17.6 Å². The lowest BCUT2D eigenvalue weighted by molar-refractivity contribution is -0.274. The minimum Gasteiger partial charge on any atom is -0.478 e. The molecule has 0 saturated carbocycles. The number of rotatable bonds is 5. The Morgan fingerprint density at radius 3 is 2.73 bits per heavy atom. The maximum atomic E-state index is 12.7. The van der Waals surface area contributed by atoms with Gasteiger partial charge in [-0.3, -0.25) is 0 Å². The van der Waals surface area contributed by atoms with Crippen molar-refractivity contribution in [2.75, 3.05) is 6.61 Å². The first-order valence-corrected chi connectivity index (χ1v) is 8.16. The zero-order valence-electron chi connectivity index (χ0n) is 14.0. The van der Waals surface area contributed by atoms with E-state index in [2.05, 4.69) is 4.74 Å². The second kappa shape index (κ2) is 7.03. The summed E-state index contributed by atoms with van der Waals surface area (Å²) < 4.78 is 49.6. The molecule has 2 aromatic rings. The van der Waals surface area contributed by atoms with E-state index in [4.69, 9.17) is 4.74 Å². The van der Waals surface area contributed by atoms with Crippen LogP contribution < -0.4 is 4.74 Å². The molecular weight excluding hydrogens is 351 g/mol. The third-order valence-electron chi connectivity index (χ3n) is 4.40. The molecule has 26 heavy (non-hydrogen) atoms. The van der Waals surface area contributed by atoms with E-state index in [9.17, 15) is 23.1 Å². The Hall–Kier alpha value is -2.48. The number of hydrogen-bond donors (Lipinski definition) is 1. The molecule has 140 valence electrons. The number of aromatic carboxylic acids is 1. The quantitative estimate of drug-likeness (QED) is 0.856. The summed E-state index contributed by atoms with van der Waals surface area (Å²) in [6.07, 6.45) is -3.22. The molecule has 0 unspecified atom stereocenters. The summed E-state index contributed by atoms with van der Waals surface area (Å²) >= 11 is 0. The van der Waals surface area contributed by atoms with Gasteiger partial charge in [-0.1, -0.05) is 12.1 Å². The number of para-hydroxylation sites is 1. The fourth-order valence-electron chi connectivity index (χ4n) is 3.20. The predicted molar refractivity (Wildman–Crippen MR) is 87.2 cm³/mol. The van der Waals surface area contributed by atoms with Gasteiger partial charge in [-0.05, 0) is 38.0 Å². The lowest BCUT2D eigenvalue weighted by atomic mass is 10.1. The van der Waals surface area contributed by atoms with Crippen molar-refractivity contribution in [2.45, 2.75) is 38.8 Å². The topological polar surface area (TPSA) is 60.7 Å². The van der Waals surface area contributed by atoms with Crippen LogP contribution in [0.25, 0.3) is 11.3 Å². The van der Waals surface area contributed by atoms with Crippen LogP contribution in [0.4, 0.5) is 13.2 Å². The number of halogens is 3. The summed E-state index contributed by atoms with van der Waals surface area (Å²) in [5, 5.41) is 9.41. The molecule has 8 heteroatoms. The Morgan fingerprint density at radius 2 is 2.12 bits per heavy atom. The summed E-state index contributed by atoms with van der Waals surface area (Å²) in [5.74, 6) is -1.51. The van der Waals surface area contributed by atoms with E-state index in [1.165, 1.54) is 24.3 Å². The van der Waals surface area contributed by atoms with E-state index < -0.39 is 12.3 Å². The van der Waals surface area contributed by atoms with Crippen molar-refractivity contribution < 1.29 is 32.5 Å². The molecule has 1 N–H and O–H groups in total. The first-order chi connectivity index (χ1) is 12.3. The summed E-state index contributed by atoms with van der Waals surface area (Å²) in [5.41, 5.74) is 1.04. The summed E-state index contributed by atoms with van der Waals surface area (Å²) in [7, 11) is 0. The highest BCUT2D eigenvalue weighted by atomic mass is 19.4. The van der Waals surface area contributed by atoms with Gasteiger partial charge in [0.15, 0.2) is 0 Å². The molecule has 1 atom stereocenters. The molecule has 0 radical (unpaired) electrons. The highest BCUT2D eigenvalue weighted by Crippen LogP contribution is 2.36. The van der Waals surface area contributed by atoms with Gasteiger partial charge in [-0.2, -0.15) is 0 Å². The molecule has 1 aliphatic heterocycles. The Bertz CT molecular complexity index is 807. The van der Waals surface area contributed by atoms with Crippen molar-refractivity contribution in [2.24, 2.45) is 0 Å². The summed E-state index contributed by atoms with van der Waals surface area (Å²) in [6, 6.07) is 7.08. The molecule has 0 spiro atoms. The van der Waals surface area contributed by atoms with Crippen LogP contribution in [0.3, 0.4) is 0 Å². The van der Waals surface area contributed by atoms with E-state index in [1.807, 2.05) is 0 Å². The standard InChI is InChI=1S/C18H18F3NO4/c1-11-14(17(23)24)9-15(22(11)10-12-5-4-8-25-12)13-6-2-3-7-16(13)26-18(19,20)21/h2-3,6-7,9,12H,4-5,8,10H2,1H3,(H,23,24)/t12-/m1/s1. The van der Waals surface area contributed by atoms with Crippen LogP contribution in [0.2, 0.25) is 0 Å². The van der Waals surface area contributed by atoms with Crippen LogP contribution in [0, 0.1) is 6.92 Å². The van der Waals surface area contributed by atoms with Crippen molar-refractivity contribution in [3.8, 4) is 17.0 Å². The number of carboxylic acid groups (broad SMARTS) is 1. The van der Waals surface area contributed by atoms with Gasteiger partial charge in [0.05, 0.1) is 17.4 Å². The predicted octanol–water partition coefficient (Wildman–Crippen LogP) is 4.24. The van der Waals surface area contributed by atoms with Crippen molar-refractivity contribution in [1.29, 1.82) is 0 Å². The van der Waals surface area contributed by atoms with E-state index in [-0.39, 0.29) is 23.0 Å². The molecule has 2 heterocycles. The minimum atomic E-state index is -4.84. The van der Waals surface area contributed by atoms with Crippen molar-refractivity contribution >= 4 is 5.97 Å². The molecule has 0 amide bonds. The number of nitrogens with zero attached hydrogens (tertiary/aromatic N) is 1. The highest BCUT2D eigenvalue weighted by Gasteiger charge is 2.33. The lowest BCUT2D eigenvalue weighted by Crippen LogP contribution is -2.19. The second-order valence-electron chi connectivity index (χ2n) is 6.12. The Morgan fingerprint density at radius 1 is 1.38 bits per heavy atom. The Kier molecular flexibility index (Phi) is 4.95. The lowest BCUT2D eigenvalue weighted by Gasteiger charge is -2.18. The maximum absolute atomic E-state index is 12.7. The van der Waals surface area contributed by atoms with Crippen molar-refractivity contribution in [1.82, 2.24) is 4.57 Å². The average molecular weight is 369 g/mol. The molecule has 0 bridgehead atoms. The molecule has 1 saturated heterocycles. The van der Waals surface area contributed by atoms with Gasteiger partial charge < -0.3 is 19.1 Å². The third kappa shape index (κ3) is 3.85. The molecule has 1 aliphatic rings. The fourth-order valence-corrected chi connectivity index (χ4v) is 3.20. The van der Waals surface area contributed by atoms with E-state index in [0.717, 1.165) is 12.8 Å². The van der Waals surface area contributed by atoms with Gasteiger partial charge in [0, 0.05) is 24.4 Å². The largest absolute Gasteiger partial charge is 0.573 e. The number of carbonyl (C=O) groups is 1. The first-order valence-electron chi connectivity index (χ1n) is 8.16. The fraction of sp³-hybridized carbons (Fsp3) is 0.389. The van der Waals surface area contributed by atoms with E-state index in [0.29, 0.717) is 24.5 Å². The molecule has 5 nitrogen and oxygen atoms in total. The van der Waals surface area contributed by atoms with E-state index >= 15 is 0 Å². The van der Waals surface area contributed by atoms with Crippen LogP contribution in [0.1, 0.15) is 28.9 Å². The number of benzene rings is 1. The first kappa shape index (κ1) is 18.3. The van der Waals surface area contributed by atoms with Crippen LogP contribution >= 0.6 is 0 Å². The van der Waals surface area contributed by atoms with Crippen molar-refractivity contribution in [3.05, 3.63) is 41.6 Å². The zero-order valence-corrected chi connectivity index (χ0v) is 14.0. The van der Waals surface area contributed by atoms with Crippen LogP contribution in [-0.2, 0) is 11.3 Å². The number of hydrogen-bond acceptors (Lipinski definition) is 3. The highest BCUT2D eigenvalue weighted by molar-refractivity contribution is 5.91. The molecule has 1 aromatic carbocycles. The molecular formula is C18H18F3NO4. The van der Waals surface area contributed by atoms with Crippen LogP contribution in [0.15, 0.2) is 30.3 Å².